The summed E-state index contributed by atoms with van der Waals surface area (Å²) in [6, 6.07) is 3.11. The minimum atomic E-state index is -5.71. The molecular weight excluding hydrogens is 545 g/mol. The quantitative estimate of drug-likeness (QED) is 0.239. The third-order valence-electron chi connectivity index (χ3n) is 6.18. The van der Waals surface area contributed by atoms with Gasteiger partial charge in [0, 0.05) is 18.3 Å². The van der Waals surface area contributed by atoms with E-state index >= 15 is 0 Å². The predicted molar refractivity (Wildman–Crippen MR) is 139 cm³/mol. The zero-order valence-electron chi connectivity index (χ0n) is 21.6. The number of benzene rings is 1. The lowest BCUT2D eigenvalue weighted by Gasteiger charge is -2.39. The lowest BCUT2D eigenvalue weighted by atomic mass is 9.93. The van der Waals surface area contributed by atoms with Crippen LogP contribution in [0.25, 0.3) is 0 Å². The SMILES string of the molecule is CCCCN1c2cc(NS(=O)(=O)C(F)(F)F)c(N=Nc3nnc(C(=O)OC(C)CC)s3)cc2CCC1CC. The topological polar surface area (TPSA) is 126 Å². The number of anilines is 2. The van der Waals surface area contributed by atoms with Gasteiger partial charge in [0.1, 0.15) is 5.69 Å². The van der Waals surface area contributed by atoms with Gasteiger partial charge in [-0.3, -0.25) is 4.72 Å². The highest BCUT2D eigenvalue weighted by Gasteiger charge is 2.46. The maximum absolute atomic E-state index is 13.2. The molecule has 15 heteroatoms. The number of aryl methyl sites for hydroxylation is 1. The summed E-state index contributed by atoms with van der Waals surface area (Å²) in [6.45, 7) is 8.35. The molecule has 1 N–H and O–H groups in total. The molecule has 0 amide bonds. The molecule has 38 heavy (non-hydrogen) atoms. The fourth-order valence-corrected chi connectivity index (χ4v) is 5.05. The van der Waals surface area contributed by atoms with Crippen LogP contribution in [0.4, 0.5) is 35.4 Å². The molecule has 0 saturated carbocycles. The number of ether oxygens (including phenoxy) is 1. The molecule has 0 bridgehead atoms. The van der Waals surface area contributed by atoms with Gasteiger partial charge < -0.3 is 9.64 Å². The highest BCUT2D eigenvalue weighted by molar-refractivity contribution is 7.93. The Morgan fingerprint density at radius 1 is 1.26 bits per heavy atom. The van der Waals surface area contributed by atoms with Crippen LogP contribution in [-0.2, 0) is 21.2 Å². The standard InChI is InChI=1S/C23H31F3N6O4S2/c1-5-8-11-32-16(7-3)10-9-15-12-17(18(13-19(15)32)31-38(34,35)23(24,25)26)27-29-22-30-28-20(37-22)21(33)36-14(4)6-2/h12-14,16,31H,5-11H2,1-4H3. The summed E-state index contributed by atoms with van der Waals surface area (Å²) in [5, 5.41) is 15.3. The molecule has 0 aliphatic carbocycles. The second-order valence-electron chi connectivity index (χ2n) is 8.91. The van der Waals surface area contributed by atoms with Gasteiger partial charge in [-0.05, 0) is 56.7 Å². The van der Waals surface area contributed by atoms with E-state index in [1.807, 2.05) is 20.8 Å². The number of halogens is 3. The van der Waals surface area contributed by atoms with Crippen molar-refractivity contribution >= 4 is 49.5 Å². The zero-order chi connectivity index (χ0) is 28.1. The Balaban J connectivity index is 2.00. The minimum absolute atomic E-state index is 0.0425. The number of esters is 1. The molecular formula is C23H31F3N6O4S2. The molecule has 3 rings (SSSR count). The molecule has 10 nitrogen and oxygen atoms in total. The Kier molecular flexibility index (Phi) is 9.68. The first-order chi connectivity index (χ1) is 17.9. The van der Waals surface area contributed by atoms with Gasteiger partial charge >= 0.3 is 21.5 Å². The summed E-state index contributed by atoms with van der Waals surface area (Å²) in [6.07, 6.45) is 4.43. The van der Waals surface area contributed by atoms with Gasteiger partial charge in [-0.1, -0.05) is 38.5 Å². The number of hydrogen-bond donors (Lipinski definition) is 1. The Bertz CT molecular complexity index is 1270. The van der Waals surface area contributed by atoms with Crippen LogP contribution >= 0.6 is 11.3 Å². The molecule has 1 aliphatic heterocycles. The summed E-state index contributed by atoms with van der Waals surface area (Å²) in [5.74, 6) is -0.677. The molecule has 0 fully saturated rings. The Morgan fingerprint density at radius 3 is 2.63 bits per heavy atom. The first kappa shape index (κ1) is 29.7. The van der Waals surface area contributed by atoms with Crippen molar-refractivity contribution in [2.45, 2.75) is 83.9 Å². The fourth-order valence-electron chi connectivity index (χ4n) is 3.94. The van der Waals surface area contributed by atoms with Crippen molar-refractivity contribution in [2.75, 3.05) is 16.2 Å². The number of aromatic nitrogens is 2. The van der Waals surface area contributed by atoms with Crippen molar-refractivity contribution in [3.8, 4) is 0 Å². The fraction of sp³-hybridized carbons (Fsp3) is 0.609. The first-order valence-electron chi connectivity index (χ1n) is 12.4. The lowest BCUT2D eigenvalue weighted by Crippen LogP contribution is -2.39. The van der Waals surface area contributed by atoms with Gasteiger partial charge in [0.2, 0.25) is 5.01 Å². The number of nitrogens with one attached hydrogen (secondary N) is 1. The highest BCUT2D eigenvalue weighted by Crippen LogP contribution is 2.41. The van der Waals surface area contributed by atoms with E-state index in [0.717, 1.165) is 42.6 Å². The number of azo groups is 1. The number of nitrogens with zero attached hydrogens (tertiary/aromatic N) is 5. The molecule has 0 radical (unpaired) electrons. The Hall–Kier alpha value is -2.81. The second-order valence-corrected chi connectivity index (χ2v) is 11.5. The number of sulfonamides is 1. The van der Waals surface area contributed by atoms with Crippen LogP contribution in [0.2, 0.25) is 0 Å². The van der Waals surface area contributed by atoms with E-state index < -0.39 is 21.5 Å². The summed E-state index contributed by atoms with van der Waals surface area (Å²) in [5.41, 5.74) is -4.49. The molecule has 2 aromatic rings. The minimum Gasteiger partial charge on any atom is -0.457 e. The summed E-state index contributed by atoms with van der Waals surface area (Å²) in [4.78, 5) is 14.3. The molecule has 2 atom stereocenters. The zero-order valence-corrected chi connectivity index (χ0v) is 23.2. The molecule has 0 saturated heterocycles. The van der Waals surface area contributed by atoms with Gasteiger partial charge in [0.05, 0.1) is 11.8 Å². The van der Waals surface area contributed by atoms with Crippen LogP contribution in [0.3, 0.4) is 0 Å². The molecule has 1 aromatic heterocycles. The third-order valence-corrected chi connectivity index (χ3v) is 8.07. The van der Waals surface area contributed by atoms with Gasteiger partial charge in [0.15, 0.2) is 0 Å². The van der Waals surface area contributed by atoms with Gasteiger partial charge in [-0.25, -0.2) is 4.79 Å². The first-order valence-corrected chi connectivity index (χ1v) is 14.7. The largest absolute Gasteiger partial charge is 0.516 e. The van der Waals surface area contributed by atoms with Crippen LogP contribution in [-0.4, -0.2) is 48.8 Å². The van der Waals surface area contributed by atoms with Gasteiger partial charge in [0.25, 0.3) is 5.13 Å². The normalized spacial score (nSPS) is 16.9. The molecule has 0 spiro atoms. The number of fused-ring (bicyclic) bond motifs is 1. The van der Waals surface area contributed by atoms with Crippen LogP contribution in [0, 0.1) is 0 Å². The number of unbranched alkanes of at least 4 members (excludes halogenated alkanes) is 1. The van der Waals surface area contributed by atoms with Crippen LogP contribution in [0.5, 0.6) is 0 Å². The number of hydrogen-bond acceptors (Lipinski definition) is 10. The van der Waals surface area contributed by atoms with Crippen molar-refractivity contribution in [3.05, 3.63) is 22.7 Å². The maximum Gasteiger partial charge on any atom is 0.516 e. The van der Waals surface area contributed by atoms with Crippen LogP contribution in [0.1, 0.15) is 75.2 Å². The van der Waals surface area contributed by atoms with E-state index in [9.17, 15) is 26.4 Å². The van der Waals surface area contributed by atoms with E-state index in [2.05, 4.69) is 25.3 Å². The predicted octanol–water partition coefficient (Wildman–Crippen LogP) is 6.50. The smallest absolute Gasteiger partial charge is 0.457 e. The Morgan fingerprint density at radius 2 is 2.00 bits per heavy atom. The highest BCUT2D eigenvalue weighted by atomic mass is 32.2. The average Bonchev–Trinajstić information content (AvgIpc) is 3.34. The number of rotatable bonds is 11. The third kappa shape index (κ3) is 6.98. The van der Waals surface area contributed by atoms with Gasteiger partial charge in [-0.15, -0.1) is 20.4 Å². The molecule has 1 aliphatic rings. The van der Waals surface area contributed by atoms with Crippen molar-refractivity contribution in [2.24, 2.45) is 10.2 Å². The Labute approximate surface area is 223 Å². The number of carbonyl (C=O) groups is 1. The summed E-state index contributed by atoms with van der Waals surface area (Å²) >= 11 is 0.793. The van der Waals surface area contributed by atoms with Gasteiger partial charge in [-0.2, -0.15) is 21.6 Å². The number of carbonyl (C=O) groups excluding carboxylic acids is 1. The van der Waals surface area contributed by atoms with Crippen LogP contribution < -0.4 is 9.62 Å². The molecule has 2 heterocycles. The van der Waals surface area contributed by atoms with Crippen molar-refractivity contribution in [3.63, 3.8) is 0 Å². The van der Waals surface area contributed by atoms with E-state index in [0.29, 0.717) is 25.1 Å². The number of alkyl halides is 3. The van der Waals surface area contributed by atoms with E-state index in [1.165, 1.54) is 12.1 Å². The van der Waals surface area contributed by atoms with Crippen molar-refractivity contribution in [1.82, 2.24) is 10.2 Å². The maximum atomic E-state index is 13.2. The van der Waals surface area contributed by atoms with E-state index in [-0.39, 0.29) is 33.7 Å². The monoisotopic (exact) mass is 576 g/mol. The van der Waals surface area contributed by atoms with Crippen molar-refractivity contribution < 1.29 is 31.1 Å². The summed E-state index contributed by atoms with van der Waals surface area (Å²) in [7, 11) is -5.71. The van der Waals surface area contributed by atoms with Crippen molar-refractivity contribution in [1.29, 1.82) is 0 Å². The molecule has 2 unspecified atom stereocenters. The lowest BCUT2D eigenvalue weighted by molar-refractivity contribution is -0.0429. The van der Waals surface area contributed by atoms with E-state index in [1.54, 1.807) is 11.6 Å². The molecule has 1 aromatic carbocycles. The van der Waals surface area contributed by atoms with E-state index in [4.69, 9.17) is 4.74 Å². The molecule has 210 valence electrons. The summed E-state index contributed by atoms with van der Waals surface area (Å²) < 4.78 is 70.5. The second kappa shape index (κ2) is 12.4. The van der Waals surface area contributed by atoms with Crippen LogP contribution in [0.15, 0.2) is 22.4 Å². The average molecular weight is 577 g/mol.